The predicted molar refractivity (Wildman–Crippen MR) is 119 cm³/mol. The van der Waals surface area contributed by atoms with Gasteiger partial charge >= 0.3 is 0 Å². The van der Waals surface area contributed by atoms with Crippen LogP contribution in [0, 0.1) is 6.92 Å². The second kappa shape index (κ2) is 8.77. The lowest BCUT2D eigenvalue weighted by Gasteiger charge is -2.20. The van der Waals surface area contributed by atoms with Crippen molar-refractivity contribution >= 4 is 38.9 Å². The lowest BCUT2D eigenvalue weighted by molar-refractivity contribution is 0.102. The number of benzene rings is 3. The van der Waals surface area contributed by atoms with E-state index in [1.807, 2.05) is 13.0 Å². The van der Waals surface area contributed by atoms with Gasteiger partial charge in [-0.25, -0.2) is 8.42 Å². The maximum Gasteiger partial charge on any atom is 0.264 e. The number of amides is 1. The van der Waals surface area contributed by atoms with Crippen LogP contribution in [0.15, 0.2) is 71.6 Å². The second-order valence-electron chi connectivity index (χ2n) is 6.61. The number of ether oxygens (including phenoxy) is 1. The van der Waals surface area contributed by atoms with E-state index in [-0.39, 0.29) is 15.5 Å². The Morgan fingerprint density at radius 2 is 1.73 bits per heavy atom. The van der Waals surface area contributed by atoms with Gasteiger partial charge in [0.05, 0.1) is 34.0 Å². The van der Waals surface area contributed by atoms with Crippen LogP contribution in [-0.4, -0.2) is 28.5 Å². The summed E-state index contributed by atoms with van der Waals surface area (Å²) < 4.78 is 32.2. The number of anilines is 2. The molecule has 8 heteroatoms. The molecule has 0 aliphatic rings. The highest BCUT2D eigenvalue weighted by Gasteiger charge is 2.23. The van der Waals surface area contributed by atoms with Gasteiger partial charge in [-0.2, -0.15) is 0 Å². The summed E-state index contributed by atoms with van der Waals surface area (Å²) in [6, 6.07) is 18.0. The molecule has 3 aromatic carbocycles. The third-order valence-corrected chi connectivity index (χ3v) is 6.69. The fourth-order valence-corrected chi connectivity index (χ4v) is 4.29. The van der Waals surface area contributed by atoms with Gasteiger partial charge in [-0.05, 0) is 55.0 Å². The van der Waals surface area contributed by atoms with E-state index in [1.165, 1.54) is 38.4 Å². The summed E-state index contributed by atoms with van der Waals surface area (Å²) in [5.41, 5.74) is 1.89. The number of carbonyl (C=O) groups is 1. The van der Waals surface area contributed by atoms with E-state index in [4.69, 9.17) is 16.3 Å². The van der Waals surface area contributed by atoms with Crippen LogP contribution in [-0.2, 0) is 10.0 Å². The molecule has 0 atom stereocenters. The zero-order chi connectivity index (χ0) is 21.9. The summed E-state index contributed by atoms with van der Waals surface area (Å²) in [6.07, 6.45) is 0. The molecule has 156 valence electrons. The van der Waals surface area contributed by atoms with Gasteiger partial charge in [0.2, 0.25) is 0 Å². The van der Waals surface area contributed by atoms with Crippen LogP contribution in [0.3, 0.4) is 0 Å². The molecular weight excluding hydrogens is 424 g/mol. The van der Waals surface area contributed by atoms with Crippen molar-refractivity contribution in [2.75, 3.05) is 23.8 Å². The summed E-state index contributed by atoms with van der Waals surface area (Å²) in [6.45, 7) is 1.89. The third-order valence-electron chi connectivity index (χ3n) is 4.56. The highest BCUT2D eigenvalue weighted by atomic mass is 35.5. The molecule has 30 heavy (non-hydrogen) atoms. The van der Waals surface area contributed by atoms with Crippen LogP contribution in [0.1, 0.15) is 15.9 Å². The Morgan fingerprint density at radius 1 is 1.03 bits per heavy atom. The average molecular weight is 445 g/mol. The molecule has 3 rings (SSSR count). The normalized spacial score (nSPS) is 11.1. The van der Waals surface area contributed by atoms with Gasteiger partial charge in [0.15, 0.2) is 0 Å². The first-order valence-corrected chi connectivity index (χ1v) is 10.9. The van der Waals surface area contributed by atoms with E-state index in [9.17, 15) is 13.2 Å². The Morgan fingerprint density at radius 3 is 2.40 bits per heavy atom. The molecule has 0 bridgehead atoms. The lowest BCUT2D eigenvalue weighted by atomic mass is 10.1. The number of hydrogen-bond acceptors (Lipinski definition) is 4. The number of carbonyl (C=O) groups excluding carboxylic acids is 1. The number of nitrogens with one attached hydrogen (secondary N) is 1. The molecule has 0 unspecified atom stereocenters. The number of halogens is 1. The van der Waals surface area contributed by atoms with Crippen LogP contribution in [0.4, 0.5) is 11.4 Å². The van der Waals surface area contributed by atoms with E-state index in [0.717, 1.165) is 9.87 Å². The fourth-order valence-electron chi connectivity index (χ4n) is 2.88. The molecule has 0 saturated carbocycles. The number of nitrogens with zero attached hydrogens (tertiary/aromatic N) is 1. The molecule has 0 radical (unpaired) electrons. The molecule has 0 aromatic heterocycles. The van der Waals surface area contributed by atoms with Crippen LogP contribution in [0.25, 0.3) is 0 Å². The summed E-state index contributed by atoms with van der Waals surface area (Å²) in [7, 11) is -0.845. The molecule has 0 saturated heterocycles. The van der Waals surface area contributed by atoms with E-state index in [0.29, 0.717) is 17.1 Å². The molecule has 6 nitrogen and oxygen atoms in total. The van der Waals surface area contributed by atoms with Crippen molar-refractivity contribution < 1.29 is 17.9 Å². The summed E-state index contributed by atoms with van der Waals surface area (Å²) in [4.78, 5) is 13.0. The van der Waals surface area contributed by atoms with Crippen molar-refractivity contribution in [1.29, 1.82) is 0 Å². The maximum absolute atomic E-state index is 12.9. The summed E-state index contributed by atoms with van der Waals surface area (Å²) in [5, 5.41) is 2.98. The van der Waals surface area contributed by atoms with Gasteiger partial charge in [-0.1, -0.05) is 35.9 Å². The molecular formula is C22H21ClN2O4S. The largest absolute Gasteiger partial charge is 0.495 e. The van der Waals surface area contributed by atoms with Crippen molar-refractivity contribution in [3.05, 3.63) is 82.9 Å². The number of aryl methyl sites for hydroxylation is 1. The van der Waals surface area contributed by atoms with E-state index in [1.54, 1.807) is 36.4 Å². The van der Waals surface area contributed by atoms with Gasteiger partial charge in [-0.15, -0.1) is 0 Å². The van der Waals surface area contributed by atoms with Gasteiger partial charge in [0.25, 0.3) is 15.9 Å². The molecule has 0 spiro atoms. The zero-order valence-electron chi connectivity index (χ0n) is 16.7. The van der Waals surface area contributed by atoms with E-state index >= 15 is 0 Å². The van der Waals surface area contributed by atoms with Gasteiger partial charge < -0.3 is 10.1 Å². The molecule has 1 N–H and O–H groups in total. The Bertz CT molecular complexity index is 1180. The monoisotopic (exact) mass is 444 g/mol. The topological polar surface area (TPSA) is 75.7 Å². The van der Waals surface area contributed by atoms with Gasteiger partial charge in [0.1, 0.15) is 5.75 Å². The summed E-state index contributed by atoms with van der Waals surface area (Å²) >= 11 is 6.24. The smallest absolute Gasteiger partial charge is 0.264 e. The van der Waals surface area contributed by atoms with Crippen molar-refractivity contribution in [1.82, 2.24) is 0 Å². The maximum atomic E-state index is 12.9. The number of methoxy groups -OCH3 is 1. The van der Waals surface area contributed by atoms with Gasteiger partial charge in [0, 0.05) is 7.05 Å². The minimum atomic E-state index is -3.78. The van der Waals surface area contributed by atoms with Crippen LogP contribution >= 0.6 is 11.6 Å². The van der Waals surface area contributed by atoms with Crippen molar-refractivity contribution in [2.24, 2.45) is 0 Å². The third kappa shape index (κ3) is 4.42. The highest BCUT2D eigenvalue weighted by molar-refractivity contribution is 7.92. The van der Waals surface area contributed by atoms with Crippen LogP contribution in [0.5, 0.6) is 5.75 Å². The minimum absolute atomic E-state index is 0.146. The van der Waals surface area contributed by atoms with E-state index < -0.39 is 15.9 Å². The molecule has 3 aromatic rings. The molecule has 0 fully saturated rings. The molecule has 0 aliphatic heterocycles. The standard InChI is InChI=1S/C22H21ClN2O4S/c1-15-9-12-21(29-3)20(13-15)24-22(26)18-14-16(10-11-19(18)23)25(2)30(27,28)17-7-5-4-6-8-17/h4-14H,1-3H3,(H,24,26). The number of sulfonamides is 1. The zero-order valence-corrected chi connectivity index (χ0v) is 18.3. The van der Waals surface area contributed by atoms with Crippen LogP contribution < -0.4 is 14.4 Å². The minimum Gasteiger partial charge on any atom is -0.495 e. The Labute approximate surface area is 181 Å². The molecule has 0 heterocycles. The first-order valence-electron chi connectivity index (χ1n) is 9.03. The second-order valence-corrected chi connectivity index (χ2v) is 8.98. The fraction of sp³-hybridized carbons (Fsp3) is 0.136. The average Bonchev–Trinajstić information content (AvgIpc) is 2.74. The molecule has 0 aliphatic carbocycles. The van der Waals surface area contributed by atoms with Crippen molar-refractivity contribution in [3.63, 3.8) is 0 Å². The first-order chi connectivity index (χ1) is 14.2. The highest BCUT2D eigenvalue weighted by Crippen LogP contribution is 2.29. The van der Waals surface area contributed by atoms with Crippen molar-refractivity contribution in [2.45, 2.75) is 11.8 Å². The number of rotatable bonds is 6. The van der Waals surface area contributed by atoms with Crippen molar-refractivity contribution in [3.8, 4) is 5.75 Å². The summed E-state index contributed by atoms with van der Waals surface area (Å²) in [5.74, 6) is 0.0289. The Balaban J connectivity index is 1.94. The molecule has 1 amide bonds. The lowest BCUT2D eigenvalue weighted by Crippen LogP contribution is -2.27. The Kier molecular flexibility index (Phi) is 6.34. The van der Waals surface area contributed by atoms with E-state index in [2.05, 4.69) is 5.32 Å². The first kappa shape index (κ1) is 21.7. The quantitative estimate of drug-likeness (QED) is 0.596. The Hall–Kier alpha value is -3.03. The predicted octanol–water partition coefficient (Wildman–Crippen LogP) is 4.73. The van der Waals surface area contributed by atoms with Gasteiger partial charge in [-0.3, -0.25) is 9.10 Å². The van der Waals surface area contributed by atoms with Crippen LogP contribution in [0.2, 0.25) is 5.02 Å². The number of hydrogen-bond donors (Lipinski definition) is 1. The SMILES string of the molecule is COc1ccc(C)cc1NC(=O)c1cc(N(C)S(=O)(=O)c2ccccc2)ccc1Cl.